The van der Waals surface area contributed by atoms with Crippen LogP contribution in [0.5, 0.6) is 0 Å². The number of carbonyl (C=O) groups excluding carboxylic acids is 1. The lowest BCUT2D eigenvalue weighted by molar-refractivity contribution is -0.118. The van der Waals surface area contributed by atoms with E-state index < -0.39 is 9.84 Å². The third kappa shape index (κ3) is 3.74. The standard InChI is InChI=1S/C17H19FN2O3S2/c18-13-5-1-11(2-6-13)7-8-20-14-9-25(22,23)10-15(14)24-17(20)19-16(21)12-3-4-12/h1-2,5-6,12,14-15H,3-4,7-10H2/t14-,15-/m0/s1. The van der Waals surface area contributed by atoms with Crippen LogP contribution in [0.25, 0.3) is 0 Å². The van der Waals surface area contributed by atoms with Crippen molar-refractivity contribution in [3.63, 3.8) is 0 Å². The molecular weight excluding hydrogens is 363 g/mol. The van der Waals surface area contributed by atoms with Gasteiger partial charge in [0.1, 0.15) is 5.82 Å². The van der Waals surface area contributed by atoms with Gasteiger partial charge in [-0.3, -0.25) is 4.79 Å². The van der Waals surface area contributed by atoms with E-state index in [0.29, 0.717) is 18.1 Å². The monoisotopic (exact) mass is 382 g/mol. The lowest BCUT2D eigenvalue weighted by Gasteiger charge is -2.24. The number of sulfone groups is 1. The van der Waals surface area contributed by atoms with Crippen LogP contribution < -0.4 is 0 Å². The molecule has 25 heavy (non-hydrogen) atoms. The average Bonchev–Trinajstić information content (AvgIpc) is 3.29. The molecule has 0 bridgehead atoms. The first-order valence-electron chi connectivity index (χ1n) is 8.42. The summed E-state index contributed by atoms with van der Waals surface area (Å²) in [5.41, 5.74) is 0.976. The summed E-state index contributed by atoms with van der Waals surface area (Å²) in [5.74, 6) is -0.0513. The zero-order valence-corrected chi connectivity index (χ0v) is 15.2. The molecule has 0 aromatic heterocycles. The number of hydrogen-bond donors (Lipinski definition) is 0. The largest absolute Gasteiger partial charge is 0.346 e. The molecule has 2 saturated heterocycles. The Morgan fingerprint density at radius 1 is 1.24 bits per heavy atom. The Kier molecular flexibility index (Phi) is 4.35. The van der Waals surface area contributed by atoms with Gasteiger partial charge in [-0.15, -0.1) is 0 Å². The summed E-state index contributed by atoms with van der Waals surface area (Å²) in [7, 11) is -3.03. The Bertz CT molecular complexity index is 819. The van der Waals surface area contributed by atoms with Crippen LogP contribution in [0.3, 0.4) is 0 Å². The number of carbonyl (C=O) groups is 1. The lowest BCUT2D eigenvalue weighted by atomic mass is 10.1. The van der Waals surface area contributed by atoms with Crippen molar-refractivity contribution in [3.8, 4) is 0 Å². The molecule has 0 unspecified atom stereocenters. The molecule has 1 aromatic carbocycles. The van der Waals surface area contributed by atoms with E-state index in [2.05, 4.69) is 4.99 Å². The molecule has 3 fully saturated rings. The minimum atomic E-state index is -3.03. The first-order chi connectivity index (χ1) is 11.9. The highest BCUT2D eigenvalue weighted by Crippen LogP contribution is 2.39. The second-order valence-corrected chi connectivity index (χ2v) is 10.2. The second kappa shape index (κ2) is 6.39. The predicted octanol–water partition coefficient (Wildman–Crippen LogP) is 1.88. The van der Waals surface area contributed by atoms with Crippen molar-refractivity contribution < 1.29 is 17.6 Å². The molecule has 1 amide bonds. The van der Waals surface area contributed by atoms with Gasteiger partial charge >= 0.3 is 0 Å². The number of hydrogen-bond acceptors (Lipinski definition) is 4. The summed E-state index contributed by atoms with van der Waals surface area (Å²) in [5, 5.41) is 0.605. The van der Waals surface area contributed by atoms with Crippen molar-refractivity contribution in [1.82, 2.24) is 4.90 Å². The number of benzene rings is 1. The first kappa shape index (κ1) is 17.0. The average molecular weight is 382 g/mol. The van der Waals surface area contributed by atoms with Crippen molar-refractivity contribution in [2.45, 2.75) is 30.6 Å². The molecule has 3 aliphatic rings. The van der Waals surface area contributed by atoms with Gasteiger partial charge in [0, 0.05) is 17.7 Å². The quantitative estimate of drug-likeness (QED) is 0.795. The predicted molar refractivity (Wildman–Crippen MR) is 95.8 cm³/mol. The van der Waals surface area contributed by atoms with Crippen molar-refractivity contribution in [2.24, 2.45) is 10.9 Å². The van der Waals surface area contributed by atoms with Crippen molar-refractivity contribution in [2.75, 3.05) is 18.1 Å². The number of halogens is 1. The Hall–Kier alpha value is -1.41. The molecule has 2 atom stereocenters. The zero-order chi connectivity index (χ0) is 17.6. The van der Waals surface area contributed by atoms with E-state index in [1.807, 2.05) is 4.90 Å². The third-order valence-electron chi connectivity index (χ3n) is 4.86. The zero-order valence-electron chi connectivity index (χ0n) is 13.6. The molecule has 8 heteroatoms. The second-order valence-electron chi connectivity index (χ2n) is 6.88. The van der Waals surface area contributed by atoms with Crippen LogP contribution in [0.4, 0.5) is 4.39 Å². The van der Waals surface area contributed by atoms with Gasteiger partial charge in [0.15, 0.2) is 15.0 Å². The number of fused-ring (bicyclic) bond motifs is 1. The van der Waals surface area contributed by atoms with E-state index in [4.69, 9.17) is 0 Å². The van der Waals surface area contributed by atoms with Crippen LogP contribution in [0.1, 0.15) is 18.4 Å². The summed E-state index contributed by atoms with van der Waals surface area (Å²) in [4.78, 5) is 18.3. The fourth-order valence-electron chi connectivity index (χ4n) is 3.31. The van der Waals surface area contributed by atoms with Gasteiger partial charge in [0.05, 0.1) is 17.5 Å². The lowest BCUT2D eigenvalue weighted by Crippen LogP contribution is -2.39. The molecule has 134 valence electrons. The van der Waals surface area contributed by atoms with Crippen molar-refractivity contribution in [1.29, 1.82) is 0 Å². The Balaban J connectivity index is 1.52. The summed E-state index contributed by atoms with van der Waals surface area (Å²) in [6.07, 6.45) is 2.45. The van der Waals surface area contributed by atoms with Gasteiger partial charge < -0.3 is 4.90 Å². The summed E-state index contributed by atoms with van der Waals surface area (Å²) in [6.45, 7) is 0.575. The minimum absolute atomic E-state index is 0.0519. The van der Waals surface area contributed by atoms with Crippen LogP contribution in [0, 0.1) is 11.7 Å². The number of nitrogens with zero attached hydrogens (tertiary/aromatic N) is 2. The highest BCUT2D eigenvalue weighted by molar-refractivity contribution is 8.15. The highest BCUT2D eigenvalue weighted by atomic mass is 32.2. The topological polar surface area (TPSA) is 66.8 Å². The minimum Gasteiger partial charge on any atom is -0.346 e. The molecule has 0 spiro atoms. The maximum absolute atomic E-state index is 13.0. The van der Waals surface area contributed by atoms with E-state index in [1.165, 1.54) is 23.9 Å². The molecule has 0 N–H and O–H groups in total. The molecule has 5 nitrogen and oxygen atoms in total. The number of aliphatic imine (C=N–C) groups is 1. The number of amides is 1. The van der Waals surface area contributed by atoms with E-state index in [1.54, 1.807) is 12.1 Å². The molecular formula is C17H19FN2O3S2. The molecule has 4 rings (SSSR count). The SMILES string of the molecule is O=C(N=C1S[C@H]2CS(=O)(=O)C[C@@H]2N1CCc1ccc(F)cc1)C1CC1. The highest BCUT2D eigenvalue weighted by Gasteiger charge is 2.48. The third-order valence-corrected chi connectivity index (χ3v) is 8.11. The summed E-state index contributed by atoms with van der Waals surface area (Å²) >= 11 is 1.42. The van der Waals surface area contributed by atoms with Gasteiger partial charge in [0.2, 0.25) is 0 Å². The molecule has 1 saturated carbocycles. The Labute approximate surface area is 150 Å². The normalized spacial score (nSPS) is 29.2. The Morgan fingerprint density at radius 3 is 2.64 bits per heavy atom. The first-order valence-corrected chi connectivity index (χ1v) is 11.1. The van der Waals surface area contributed by atoms with Crippen LogP contribution in [0.15, 0.2) is 29.3 Å². The van der Waals surface area contributed by atoms with Crippen LogP contribution >= 0.6 is 11.8 Å². The molecule has 2 aliphatic heterocycles. The molecule has 2 heterocycles. The number of thioether (sulfide) groups is 1. The van der Waals surface area contributed by atoms with E-state index in [-0.39, 0.29) is 40.4 Å². The fraction of sp³-hybridized carbons (Fsp3) is 0.529. The van der Waals surface area contributed by atoms with E-state index in [9.17, 15) is 17.6 Å². The van der Waals surface area contributed by atoms with E-state index in [0.717, 1.165) is 18.4 Å². The molecule has 1 aliphatic carbocycles. The maximum atomic E-state index is 13.0. The van der Waals surface area contributed by atoms with Gasteiger partial charge in [-0.1, -0.05) is 23.9 Å². The van der Waals surface area contributed by atoms with Gasteiger partial charge in [-0.2, -0.15) is 4.99 Å². The fourth-order valence-corrected chi connectivity index (χ4v) is 7.30. The van der Waals surface area contributed by atoms with Crippen molar-refractivity contribution in [3.05, 3.63) is 35.6 Å². The van der Waals surface area contributed by atoms with Crippen LogP contribution in [0.2, 0.25) is 0 Å². The summed E-state index contributed by atoms with van der Waals surface area (Å²) < 4.78 is 37.0. The molecule has 1 aromatic rings. The van der Waals surface area contributed by atoms with Crippen LogP contribution in [-0.4, -0.2) is 53.7 Å². The summed E-state index contributed by atoms with van der Waals surface area (Å²) in [6, 6.07) is 6.17. The van der Waals surface area contributed by atoms with Gasteiger partial charge in [0.25, 0.3) is 5.91 Å². The van der Waals surface area contributed by atoms with E-state index >= 15 is 0 Å². The smallest absolute Gasteiger partial charge is 0.251 e. The van der Waals surface area contributed by atoms with Gasteiger partial charge in [-0.25, -0.2) is 12.8 Å². The number of amidine groups is 1. The molecule has 0 radical (unpaired) electrons. The number of rotatable bonds is 4. The Morgan fingerprint density at radius 2 is 1.96 bits per heavy atom. The van der Waals surface area contributed by atoms with Gasteiger partial charge in [-0.05, 0) is 37.0 Å². The maximum Gasteiger partial charge on any atom is 0.251 e. The van der Waals surface area contributed by atoms with Crippen LogP contribution in [-0.2, 0) is 21.1 Å². The van der Waals surface area contributed by atoms with Crippen molar-refractivity contribution >= 4 is 32.7 Å².